The number of ether oxygens (including phenoxy) is 1. The van der Waals surface area contributed by atoms with E-state index in [9.17, 15) is 0 Å². The van der Waals surface area contributed by atoms with Crippen LogP contribution in [-0.4, -0.2) is 6.10 Å². The van der Waals surface area contributed by atoms with Crippen LogP contribution in [0.2, 0.25) is 0 Å². The molecule has 10 rings (SSSR count). The van der Waals surface area contributed by atoms with Crippen molar-refractivity contribution >= 4 is 27.1 Å². The van der Waals surface area contributed by atoms with Crippen LogP contribution in [0.25, 0.3) is 38.2 Å². The molecular weight excluding hydrogens is 569 g/mol. The number of fused-ring (bicyclic) bond motifs is 8. The van der Waals surface area contributed by atoms with Gasteiger partial charge in [-0.25, -0.2) is 0 Å². The van der Waals surface area contributed by atoms with Crippen molar-refractivity contribution in [1.29, 1.82) is 0 Å². The van der Waals surface area contributed by atoms with Gasteiger partial charge in [0.1, 0.15) is 11.9 Å². The topological polar surface area (TPSA) is 9.23 Å². The van der Waals surface area contributed by atoms with E-state index in [0.717, 1.165) is 5.75 Å². The fourth-order valence-corrected chi connectivity index (χ4v) is 8.57. The van der Waals surface area contributed by atoms with Gasteiger partial charge in [0, 0.05) is 23.3 Å². The monoisotopic (exact) mass is 600 g/mol. The molecule has 1 nitrogen and oxygen atoms in total. The van der Waals surface area contributed by atoms with Gasteiger partial charge < -0.3 is 4.74 Å². The van der Waals surface area contributed by atoms with Gasteiger partial charge in [-0.3, -0.25) is 0 Å². The highest BCUT2D eigenvalue weighted by atomic mass is 16.5. The standard InChI is InChI=1S/C46H32O/c1-2-15-33-30(12-1)27-41(35-17-4-3-16-34(33)35)29-13-11-14-31(26-29)45-37-19-5-7-21-39(37)46(40-22-8-6-20-38(40)45)32-24-25-44-42(28-32)36-18-9-10-23-43(36)47-44/h1-28,39,42,44,46H. The molecule has 3 aliphatic carbocycles. The lowest BCUT2D eigenvalue weighted by Gasteiger charge is -2.38. The Hall–Kier alpha value is -5.66. The van der Waals surface area contributed by atoms with E-state index in [4.69, 9.17) is 4.74 Å². The smallest absolute Gasteiger partial charge is 0.128 e. The van der Waals surface area contributed by atoms with Gasteiger partial charge in [-0.05, 0) is 90.4 Å². The van der Waals surface area contributed by atoms with E-state index in [2.05, 4.69) is 170 Å². The maximum atomic E-state index is 6.33. The number of benzene rings is 6. The molecule has 0 amide bonds. The third-order valence-electron chi connectivity index (χ3n) is 10.6. The average Bonchev–Trinajstić information content (AvgIpc) is 3.51. The molecule has 0 N–H and O–H groups in total. The fourth-order valence-electron chi connectivity index (χ4n) is 8.57. The predicted molar refractivity (Wildman–Crippen MR) is 195 cm³/mol. The second kappa shape index (κ2) is 10.4. The van der Waals surface area contributed by atoms with Crippen molar-refractivity contribution in [3.05, 3.63) is 203 Å². The highest BCUT2D eigenvalue weighted by Gasteiger charge is 2.39. The zero-order chi connectivity index (χ0) is 30.9. The lowest BCUT2D eigenvalue weighted by atomic mass is 9.65. The SMILES string of the molecule is C1=CC2=C(c3cccc(-c4cc5ccccc5c5ccccc45)c3)c3ccccc3C(C3=CC4c5ccccc5OC4C=C3)C2C=C1. The van der Waals surface area contributed by atoms with E-state index in [0.29, 0.717) is 0 Å². The van der Waals surface area contributed by atoms with E-state index in [-0.39, 0.29) is 23.9 Å². The van der Waals surface area contributed by atoms with Crippen molar-refractivity contribution in [2.45, 2.75) is 17.9 Å². The zero-order valence-corrected chi connectivity index (χ0v) is 25.9. The molecule has 0 fully saturated rings. The lowest BCUT2D eigenvalue weighted by molar-refractivity contribution is 0.267. The van der Waals surface area contributed by atoms with Crippen LogP contribution in [0.15, 0.2) is 181 Å². The van der Waals surface area contributed by atoms with Gasteiger partial charge in [-0.15, -0.1) is 0 Å². The Balaban J connectivity index is 1.14. The Kier molecular flexibility index (Phi) is 5.90. The number of para-hydroxylation sites is 1. The van der Waals surface area contributed by atoms with Crippen molar-refractivity contribution in [1.82, 2.24) is 0 Å². The molecule has 6 aromatic rings. The average molecular weight is 601 g/mol. The van der Waals surface area contributed by atoms with Crippen LogP contribution >= 0.6 is 0 Å². The van der Waals surface area contributed by atoms with E-state index in [1.54, 1.807) is 0 Å². The molecule has 1 heterocycles. The summed E-state index contributed by atoms with van der Waals surface area (Å²) in [6.45, 7) is 0. The van der Waals surface area contributed by atoms with Crippen LogP contribution in [0, 0.1) is 5.92 Å². The Morgan fingerprint density at radius 1 is 0.511 bits per heavy atom. The summed E-state index contributed by atoms with van der Waals surface area (Å²) in [5.74, 6) is 1.71. The van der Waals surface area contributed by atoms with E-state index < -0.39 is 0 Å². The maximum Gasteiger partial charge on any atom is 0.128 e. The summed E-state index contributed by atoms with van der Waals surface area (Å²) in [5, 5.41) is 5.15. The molecule has 47 heavy (non-hydrogen) atoms. The van der Waals surface area contributed by atoms with Crippen molar-refractivity contribution in [2.75, 3.05) is 0 Å². The predicted octanol–water partition coefficient (Wildman–Crippen LogP) is 11.3. The molecule has 4 aliphatic rings. The van der Waals surface area contributed by atoms with Crippen molar-refractivity contribution in [3.8, 4) is 16.9 Å². The van der Waals surface area contributed by atoms with Gasteiger partial charge in [0.25, 0.3) is 0 Å². The van der Waals surface area contributed by atoms with Crippen molar-refractivity contribution in [2.24, 2.45) is 5.92 Å². The van der Waals surface area contributed by atoms with Crippen molar-refractivity contribution < 1.29 is 4.74 Å². The van der Waals surface area contributed by atoms with Crippen LogP contribution < -0.4 is 4.74 Å². The molecule has 0 saturated carbocycles. The maximum absolute atomic E-state index is 6.33. The molecule has 0 spiro atoms. The molecule has 1 heteroatoms. The first kappa shape index (κ1) is 26.5. The first-order chi connectivity index (χ1) is 23.3. The van der Waals surface area contributed by atoms with Gasteiger partial charge in [-0.2, -0.15) is 0 Å². The summed E-state index contributed by atoms with van der Waals surface area (Å²) in [6, 6.07) is 46.7. The summed E-state index contributed by atoms with van der Waals surface area (Å²) in [6.07, 6.45) is 16.4. The fraction of sp³-hybridized carbons (Fsp3) is 0.0870. The molecule has 4 unspecified atom stereocenters. The summed E-state index contributed by atoms with van der Waals surface area (Å²) < 4.78 is 6.33. The summed E-state index contributed by atoms with van der Waals surface area (Å²) in [4.78, 5) is 0. The Labute approximate surface area is 275 Å². The number of hydrogen-bond acceptors (Lipinski definition) is 1. The molecule has 1 aliphatic heterocycles. The highest BCUT2D eigenvalue weighted by molar-refractivity contribution is 6.13. The van der Waals surface area contributed by atoms with Gasteiger partial charge >= 0.3 is 0 Å². The minimum absolute atomic E-state index is 0.0660. The summed E-state index contributed by atoms with van der Waals surface area (Å²) >= 11 is 0. The Morgan fingerprint density at radius 2 is 1.28 bits per heavy atom. The first-order valence-corrected chi connectivity index (χ1v) is 16.7. The minimum atomic E-state index is 0.0660. The third-order valence-corrected chi connectivity index (χ3v) is 10.6. The van der Waals surface area contributed by atoms with E-state index >= 15 is 0 Å². The first-order valence-electron chi connectivity index (χ1n) is 16.7. The molecule has 0 saturated heterocycles. The second-order valence-corrected chi connectivity index (χ2v) is 13.1. The third kappa shape index (κ3) is 4.09. The van der Waals surface area contributed by atoms with E-state index in [1.165, 1.54) is 71.6 Å². The molecule has 0 radical (unpaired) electrons. The van der Waals surface area contributed by atoms with Gasteiger partial charge in [0.05, 0.1) is 0 Å². The highest BCUT2D eigenvalue weighted by Crippen LogP contribution is 2.53. The second-order valence-electron chi connectivity index (χ2n) is 13.1. The van der Waals surface area contributed by atoms with Crippen LogP contribution in [0.3, 0.4) is 0 Å². The molecule has 6 aromatic carbocycles. The molecular formula is C46H32O. The van der Waals surface area contributed by atoms with E-state index in [1.807, 2.05) is 0 Å². The Bertz CT molecular complexity index is 2410. The van der Waals surface area contributed by atoms with Crippen LogP contribution in [0.5, 0.6) is 5.75 Å². The van der Waals surface area contributed by atoms with Gasteiger partial charge in [-0.1, -0.05) is 146 Å². The largest absolute Gasteiger partial charge is 0.485 e. The van der Waals surface area contributed by atoms with Gasteiger partial charge in [0.2, 0.25) is 0 Å². The number of hydrogen-bond donors (Lipinski definition) is 0. The molecule has 222 valence electrons. The van der Waals surface area contributed by atoms with Gasteiger partial charge in [0.15, 0.2) is 0 Å². The zero-order valence-electron chi connectivity index (χ0n) is 25.9. The summed E-state index contributed by atoms with van der Waals surface area (Å²) in [7, 11) is 0. The summed E-state index contributed by atoms with van der Waals surface area (Å²) in [5.41, 5.74) is 11.9. The normalized spacial score (nSPS) is 22.0. The minimum Gasteiger partial charge on any atom is -0.485 e. The van der Waals surface area contributed by atoms with Crippen LogP contribution in [-0.2, 0) is 0 Å². The van der Waals surface area contributed by atoms with Crippen molar-refractivity contribution in [3.63, 3.8) is 0 Å². The molecule has 0 aromatic heterocycles. The van der Waals surface area contributed by atoms with Crippen LogP contribution in [0.4, 0.5) is 0 Å². The quantitative estimate of drug-likeness (QED) is 0.184. The lowest BCUT2D eigenvalue weighted by Crippen LogP contribution is -2.25. The Morgan fingerprint density at radius 3 is 2.21 bits per heavy atom. The molecule has 0 bridgehead atoms. The van der Waals surface area contributed by atoms with Crippen LogP contribution in [0.1, 0.15) is 34.1 Å². The number of rotatable bonds is 3. The molecule has 4 atom stereocenters. The number of allylic oxidation sites excluding steroid dienone is 7.